The summed E-state index contributed by atoms with van der Waals surface area (Å²) in [7, 11) is 1.60. The predicted molar refractivity (Wildman–Crippen MR) is 75.1 cm³/mol. The molecule has 1 aromatic carbocycles. The summed E-state index contributed by atoms with van der Waals surface area (Å²) >= 11 is 0. The lowest BCUT2D eigenvalue weighted by Gasteiger charge is -2.12. The van der Waals surface area contributed by atoms with Crippen molar-refractivity contribution in [3.05, 3.63) is 29.8 Å². The molecule has 110 valence electrons. The predicted octanol–water partition coefficient (Wildman–Crippen LogP) is 1.62. The van der Waals surface area contributed by atoms with Gasteiger partial charge in [-0.2, -0.15) is 0 Å². The van der Waals surface area contributed by atoms with Crippen molar-refractivity contribution in [3.63, 3.8) is 0 Å². The van der Waals surface area contributed by atoms with Gasteiger partial charge >= 0.3 is 0 Å². The molecule has 0 bridgehead atoms. The summed E-state index contributed by atoms with van der Waals surface area (Å²) in [5.41, 5.74) is 0.589. The minimum Gasteiger partial charge on any atom is -0.491 e. The molecule has 0 aromatic heterocycles. The van der Waals surface area contributed by atoms with Gasteiger partial charge in [-0.15, -0.1) is 0 Å². The van der Waals surface area contributed by atoms with Crippen molar-refractivity contribution >= 4 is 5.91 Å². The van der Waals surface area contributed by atoms with Gasteiger partial charge in [0.25, 0.3) is 5.91 Å². The fourth-order valence-electron chi connectivity index (χ4n) is 2.06. The van der Waals surface area contributed by atoms with Crippen LogP contribution < -0.4 is 10.1 Å². The molecule has 1 aliphatic heterocycles. The van der Waals surface area contributed by atoms with Crippen molar-refractivity contribution < 1.29 is 19.0 Å². The van der Waals surface area contributed by atoms with Crippen LogP contribution in [0, 0.1) is 0 Å². The van der Waals surface area contributed by atoms with Crippen LogP contribution in [0.1, 0.15) is 23.2 Å². The van der Waals surface area contributed by atoms with E-state index in [9.17, 15) is 4.79 Å². The molecular formula is C15H21NO4. The summed E-state index contributed by atoms with van der Waals surface area (Å²) in [6.45, 7) is 2.35. The van der Waals surface area contributed by atoms with E-state index >= 15 is 0 Å². The normalized spacial score (nSPS) is 17.9. The van der Waals surface area contributed by atoms with Crippen molar-refractivity contribution in [3.8, 4) is 5.75 Å². The summed E-state index contributed by atoms with van der Waals surface area (Å²) in [5.74, 6) is 0.574. The van der Waals surface area contributed by atoms with E-state index in [0.717, 1.165) is 19.4 Å². The number of amides is 1. The molecule has 1 fully saturated rings. The molecule has 1 saturated heterocycles. The molecular weight excluding hydrogens is 258 g/mol. The highest BCUT2D eigenvalue weighted by Crippen LogP contribution is 2.17. The average Bonchev–Trinajstić information content (AvgIpc) is 2.99. The van der Waals surface area contributed by atoms with Gasteiger partial charge in [0.15, 0.2) is 0 Å². The lowest BCUT2D eigenvalue weighted by molar-refractivity contribution is 0.0679. The lowest BCUT2D eigenvalue weighted by Crippen LogP contribution is -2.26. The summed E-state index contributed by atoms with van der Waals surface area (Å²) in [6, 6.07) is 7.18. The van der Waals surface area contributed by atoms with Crippen molar-refractivity contribution in [1.29, 1.82) is 0 Å². The monoisotopic (exact) mass is 279 g/mol. The van der Waals surface area contributed by atoms with E-state index in [1.165, 1.54) is 0 Å². The quantitative estimate of drug-likeness (QED) is 0.771. The van der Waals surface area contributed by atoms with Gasteiger partial charge in [-0.05, 0) is 31.0 Å². The van der Waals surface area contributed by atoms with E-state index in [1.807, 2.05) is 12.1 Å². The molecule has 1 N–H and O–H groups in total. The summed E-state index contributed by atoms with van der Waals surface area (Å²) < 4.78 is 16.1. The fraction of sp³-hybridized carbons (Fsp3) is 0.533. The lowest BCUT2D eigenvalue weighted by atomic mass is 10.2. The Morgan fingerprint density at radius 2 is 2.40 bits per heavy atom. The standard InChI is InChI=1S/C15H21NO4/c1-18-9-7-16-15(17)12-4-2-5-13(10-12)20-11-14-6-3-8-19-14/h2,4-5,10,14H,3,6-9,11H2,1H3,(H,16,17)/t14-/m1/s1. The second kappa shape index (κ2) is 7.87. The number of ether oxygens (including phenoxy) is 3. The second-order valence-corrected chi connectivity index (χ2v) is 4.72. The zero-order chi connectivity index (χ0) is 14.2. The van der Waals surface area contributed by atoms with Gasteiger partial charge in [-0.25, -0.2) is 0 Å². The SMILES string of the molecule is COCCNC(=O)c1cccc(OC[C@H]2CCCO2)c1. The fourth-order valence-corrected chi connectivity index (χ4v) is 2.06. The summed E-state index contributed by atoms with van der Waals surface area (Å²) in [5, 5.41) is 2.78. The number of rotatable bonds is 7. The third kappa shape index (κ3) is 4.51. The highest BCUT2D eigenvalue weighted by atomic mass is 16.5. The Hall–Kier alpha value is -1.59. The molecule has 5 heteroatoms. The van der Waals surface area contributed by atoms with Crippen LogP contribution in [0.4, 0.5) is 0 Å². The first-order valence-electron chi connectivity index (χ1n) is 6.91. The molecule has 1 heterocycles. The Kier molecular flexibility index (Phi) is 5.83. The number of carbonyl (C=O) groups excluding carboxylic acids is 1. The molecule has 1 aromatic rings. The number of hydrogen-bond acceptors (Lipinski definition) is 4. The molecule has 0 spiro atoms. The molecule has 1 aliphatic rings. The molecule has 1 atom stereocenters. The molecule has 1 amide bonds. The summed E-state index contributed by atoms with van der Waals surface area (Å²) in [6.07, 6.45) is 2.31. The van der Waals surface area contributed by atoms with Crippen molar-refractivity contribution in [2.24, 2.45) is 0 Å². The van der Waals surface area contributed by atoms with Gasteiger partial charge in [0, 0.05) is 25.8 Å². The van der Waals surface area contributed by atoms with Crippen molar-refractivity contribution in [1.82, 2.24) is 5.32 Å². The number of methoxy groups -OCH3 is 1. The van der Waals surface area contributed by atoms with E-state index in [0.29, 0.717) is 31.1 Å². The molecule has 2 rings (SSSR count). The number of carbonyl (C=O) groups is 1. The Morgan fingerprint density at radius 1 is 1.50 bits per heavy atom. The van der Waals surface area contributed by atoms with E-state index < -0.39 is 0 Å². The highest BCUT2D eigenvalue weighted by molar-refractivity contribution is 5.94. The molecule has 0 aliphatic carbocycles. The average molecular weight is 279 g/mol. The molecule has 0 radical (unpaired) electrons. The Morgan fingerprint density at radius 3 is 3.15 bits per heavy atom. The highest BCUT2D eigenvalue weighted by Gasteiger charge is 2.16. The number of benzene rings is 1. The van der Waals surface area contributed by atoms with Crippen LogP contribution >= 0.6 is 0 Å². The van der Waals surface area contributed by atoms with Gasteiger partial charge in [0.2, 0.25) is 0 Å². The summed E-state index contributed by atoms with van der Waals surface area (Å²) in [4.78, 5) is 11.9. The third-order valence-electron chi connectivity index (χ3n) is 3.15. The topological polar surface area (TPSA) is 56.8 Å². The van der Waals surface area contributed by atoms with Crippen LogP contribution in [0.3, 0.4) is 0 Å². The molecule has 20 heavy (non-hydrogen) atoms. The van der Waals surface area contributed by atoms with Crippen LogP contribution in [0.2, 0.25) is 0 Å². The van der Waals surface area contributed by atoms with E-state index in [2.05, 4.69) is 5.32 Å². The van der Waals surface area contributed by atoms with Gasteiger partial charge in [0.05, 0.1) is 12.7 Å². The van der Waals surface area contributed by atoms with E-state index in [1.54, 1.807) is 19.2 Å². The van der Waals surface area contributed by atoms with Crippen LogP contribution in [0.15, 0.2) is 24.3 Å². The van der Waals surface area contributed by atoms with Gasteiger partial charge in [0.1, 0.15) is 12.4 Å². The minimum absolute atomic E-state index is 0.121. The van der Waals surface area contributed by atoms with Gasteiger partial charge < -0.3 is 19.5 Å². The van der Waals surface area contributed by atoms with Crippen molar-refractivity contribution in [2.75, 3.05) is 33.5 Å². The van der Waals surface area contributed by atoms with E-state index in [-0.39, 0.29) is 12.0 Å². The van der Waals surface area contributed by atoms with E-state index in [4.69, 9.17) is 14.2 Å². The zero-order valence-corrected chi connectivity index (χ0v) is 11.8. The number of hydrogen-bond donors (Lipinski definition) is 1. The van der Waals surface area contributed by atoms with Crippen LogP contribution in [-0.4, -0.2) is 45.5 Å². The zero-order valence-electron chi connectivity index (χ0n) is 11.8. The molecule has 0 unspecified atom stereocenters. The molecule has 5 nitrogen and oxygen atoms in total. The Balaban J connectivity index is 1.84. The largest absolute Gasteiger partial charge is 0.491 e. The van der Waals surface area contributed by atoms with Crippen LogP contribution in [-0.2, 0) is 9.47 Å². The smallest absolute Gasteiger partial charge is 0.251 e. The van der Waals surface area contributed by atoms with Gasteiger partial charge in [-0.3, -0.25) is 4.79 Å². The Bertz CT molecular complexity index is 430. The first-order valence-corrected chi connectivity index (χ1v) is 6.91. The van der Waals surface area contributed by atoms with Crippen LogP contribution in [0.5, 0.6) is 5.75 Å². The maximum Gasteiger partial charge on any atom is 0.251 e. The first-order chi connectivity index (χ1) is 9.79. The van der Waals surface area contributed by atoms with Crippen LogP contribution in [0.25, 0.3) is 0 Å². The van der Waals surface area contributed by atoms with Crippen molar-refractivity contribution in [2.45, 2.75) is 18.9 Å². The first kappa shape index (κ1) is 14.8. The Labute approximate surface area is 119 Å². The maximum atomic E-state index is 11.9. The van der Waals surface area contributed by atoms with Gasteiger partial charge in [-0.1, -0.05) is 6.07 Å². The third-order valence-corrected chi connectivity index (χ3v) is 3.15. The molecule has 0 saturated carbocycles. The number of nitrogens with one attached hydrogen (secondary N) is 1. The minimum atomic E-state index is -0.121. The second-order valence-electron chi connectivity index (χ2n) is 4.72. The maximum absolute atomic E-state index is 11.9.